The van der Waals surface area contributed by atoms with Gasteiger partial charge in [0.1, 0.15) is 5.75 Å². The van der Waals surface area contributed by atoms with Gasteiger partial charge in [-0.2, -0.15) is 0 Å². The number of aliphatic imine (C=N–C) groups is 1. The first-order valence-electron chi connectivity index (χ1n) is 7.23. The monoisotopic (exact) mass is 304 g/mol. The van der Waals surface area contributed by atoms with Crippen molar-refractivity contribution in [3.8, 4) is 5.75 Å². The molecule has 0 saturated heterocycles. The van der Waals surface area contributed by atoms with Crippen LogP contribution in [-0.2, 0) is 11.3 Å². The first-order chi connectivity index (χ1) is 10.7. The average molecular weight is 304 g/mol. The minimum atomic E-state index is -0.125. The van der Waals surface area contributed by atoms with Crippen LogP contribution in [0.3, 0.4) is 0 Å². The van der Waals surface area contributed by atoms with Gasteiger partial charge in [-0.25, -0.2) is 0 Å². The summed E-state index contributed by atoms with van der Waals surface area (Å²) in [6.07, 6.45) is 1.77. The third kappa shape index (κ3) is 6.78. The summed E-state index contributed by atoms with van der Waals surface area (Å²) in [6, 6.07) is 7.59. The Morgan fingerprint density at radius 3 is 2.86 bits per heavy atom. The summed E-state index contributed by atoms with van der Waals surface area (Å²) in [5.74, 6) is 1.24. The molecule has 0 aliphatic carbocycles. The Morgan fingerprint density at radius 1 is 1.36 bits per heavy atom. The van der Waals surface area contributed by atoms with E-state index in [1.165, 1.54) is 0 Å². The quantitative estimate of drug-likeness (QED) is 0.381. The molecule has 0 heterocycles. The number of rotatable bonds is 8. The van der Waals surface area contributed by atoms with Crippen molar-refractivity contribution in [2.45, 2.75) is 13.5 Å². The Bertz CT molecular complexity index is 515. The Hall–Kier alpha value is -2.50. The first kappa shape index (κ1) is 17.6. The second kappa shape index (κ2) is 10.3. The van der Waals surface area contributed by atoms with Crippen molar-refractivity contribution in [2.75, 3.05) is 26.7 Å². The van der Waals surface area contributed by atoms with Crippen LogP contribution in [-0.4, -0.2) is 38.6 Å². The van der Waals surface area contributed by atoms with Crippen LogP contribution in [0.15, 0.2) is 41.9 Å². The summed E-state index contributed by atoms with van der Waals surface area (Å²) < 4.78 is 5.46. The molecule has 0 aliphatic heterocycles. The van der Waals surface area contributed by atoms with Gasteiger partial charge in [-0.3, -0.25) is 9.79 Å². The zero-order chi connectivity index (χ0) is 16.2. The fraction of sp³-hybridized carbons (Fsp3) is 0.375. The lowest BCUT2D eigenvalue weighted by Gasteiger charge is -2.11. The van der Waals surface area contributed by atoms with Crippen LogP contribution < -0.4 is 20.7 Å². The Labute approximate surface area is 131 Å². The minimum Gasteiger partial charge on any atom is -0.484 e. The molecule has 3 N–H and O–H groups in total. The number of amides is 1. The summed E-state index contributed by atoms with van der Waals surface area (Å²) in [7, 11) is 1.71. The van der Waals surface area contributed by atoms with Crippen molar-refractivity contribution in [3.63, 3.8) is 0 Å². The molecular formula is C16H24N4O2. The number of hydrogen-bond acceptors (Lipinski definition) is 3. The van der Waals surface area contributed by atoms with Crippen LogP contribution in [0.1, 0.15) is 12.5 Å². The maximum atomic E-state index is 11.4. The predicted molar refractivity (Wildman–Crippen MR) is 89.0 cm³/mol. The van der Waals surface area contributed by atoms with Crippen LogP contribution in [0.5, 0.6) is 5.75 Å². The maximum Gasteiger partial charge on any atom is 0.257 e. The van der Waals surface area contributed by atoms with E-state index in [-0.39, 0.29) is 12.5 Å². The fourth-order valence-electron chi connectivity index (χ4n) is 1.72. The van der Waals surface area contributed by atoms with Gasteiger partial charge in [0.15, 0.2) is 12.6 Å². The molecule has 1 aromatic carbocycles. The van der Waals surface area contributed by atoms with Gasteiger partial charge in [-0.05, 0) is 24.6 Å². The molecule has 1 aromatic rings. The number of carbonyl (C=O) groups is 1. The number of guanidine groups is 1. The van der Waals surface area contributed by atoms with Crippen molar-refractivity contribution in [2.24, 2.45) is 4.99 Å². The third-order valence-electron chi connectivity index (χ3n) is 2.74. The topological polar surface area (TPSA) is 74.8 Å². The van der Waals surface area contributed by atoms with E-state index in [0.717, 1.165) is 5.56 Å². The predicted octanol–water partition coefficient (Wildman–Crippen LogP) is 1.05. The molecule has 1 rings (SSSR count). The highest BCUT2D eigenvalue weighted by Gasteiger charge is 2.02. The maximum absolute atomic E-state index is 11.4. The fourth-order valence-corrected chi connectivity index (χ4v) is 1.72. The number of likely N-dealkylation sites (N-methyl/N-ethyl adjacent to an activating group) is 1. The largest absolute Gasteiger partial charge is 0.484 e. The Kier molecular flexibility index (Phi) is 8.18. The first-order valence-corrected chi connectivity index (χ1v) is 7.23. The van der Waals surface area contributed by atoms with E-state index < -0.39 is 0 Å². The molecule has 6 heteroatoms. The van der Waals surface area contributed by atoms with Gasteiger partial charge in [0.2, 0.25) is 0 Å². The van der Waals surface area contributed by atoms with E-state index in [4.69, 9.17) is 4.74 Å². The van der Waals surface area contributed by atoms with Crippen LogP contribution >= 0.6 is 0 Å². The van der Waals surface area contributed by atoms with Crippen LogP contribution in [0.4, 0.5) is 0 Å². The van der Waals surface area contributed by atoms with Crippen molar-refractivity contribution in [1.82, 2.24) is 16.0 Å². The molecule has 6 nitrogen and oxygen atoms in total. The molecule has 1 amide bonds. The average Bonchev–Trinajstić information content (AvgIpc) is 2.54. The van der Waals surface area contributed by atoms with Gasteiger partial charge in [0.25, 0.3) is 5.91 Å². The summed E-state index contributed by atoms with van der Waals surface area (Å²) in [6.45, 7) is 7.40. The van der Waals surface area contributed by atoms with Gasteiger partial charge in [-0.1, -0.05) is 18.2 Å². The van der Waals surface area contributed by atoms with Crippen LogP contribution in [0.25, 0.3) is 0 Å². The van der Waals surface area contributed by atoms with Crippen molar-refractivity contribution >= 4 is 11.9 Å². The summed E-state index contributed by atoms with van der Waals surface area (Å²) in [5.41, 5.74) is 1.04. The van der Waals surface area contributed by atoms with Gasteiger partial charge in [-0.15, -0.1) is 6.58 Å². The van der Waals surface area contributed by atoms with Crippen LogP contribution in [0, 0.1) is 0 Å². The molecule has 0 radical (unpaired) electrons. The molecular weight excluding hydrogens is 280 g/mol. The highest BCUT2D eigenvalue weighted by Crippen LogP contribution is 2.13. The second-order valence-electron chi connectivity index (χ2n) is 4.48. The number of nitrogens with zero attached hydrogens (tertiary/aromatic N) is 1. The van der Waals surface area contributed by atoms with Crippen molar-refractivity contribution in [3.05, 3.63) is 42.5 Å². The van der Waals surface area contributed by atoms with E-state index >= 15 is 0 Å². The lowest BCUT2D eigenvalue weighted by atomic mass is 10.2. The summed E-state index contributed by atoms with van der Waals surface area (Å²) in [4.78, 5) is 15.5. The highest BCUT2D eigenvalue weighted by molar-refractivity contribution is 5.79. The molecule has 22 heavy (non-hydrogen) atoms. The molecule has 120 valence electrons. The van der Waals surface area contributed by atoms with E-state index in [0.29, 0.717) is 31.3 Å². The van der Waals surface area contributed by atoms with Gasteiger partial charge < -0.3 is 20.7 Å². The standard InChI is InChI=1S/C16H24N4O2/c1-4-9-19-16(17-3)20-11-13-7-6-8-14(10-13)22-12-15(21)18-5-2/h4,6-8,10H,1,5,9,11-12H2,2-3H3,(H,18,21)(H2,17,19,20). The molecule has 0 aliphatic rings. The molecule has 0 atom stereocenters. The minimum absolute atomic E-state index is 0.0211. The van der Waals surface area contributed by atoms with Gasteiger partial charge in [0, 0.05) is 26.7 Å². The lowest BCUT2D eigenvalue weighted by Crippen LogP contribution is -2.36. The SMILES string of the molecule is C=CCNC(=NC)NCc1cccc(OCC(=O)NCC)c1. The van der Waals surface area contributed by atoms with E-state index in [2.05, 4.69) is 27.5 Å². The number of benzene rings is 1. The van der Waals surface area contributed by atoms with Gasteiger partial charge >= 0.3 is 0 Å². The zero-order valence-electron chi connectivity index (χ0n) is 13.2. The smallest absolute Gasteiger partial charge is 0.257 e. The normalized spacial score (nSPS) is 10.7. The number of ether oxygens (including phenoxy) is 1. The number of nitrogens with one attached hydrogen (secondary N) is 3. The lowest BCUT2D eigenvalue weighted by molar-refractivity contribution is -0.122. The number of hydrogen-bond donors (Lipinski definition) is 3. The van der Waals surface area contributed by atoms with Crippen molar-refractivity contribution < 1.29 is 9.53 Å². The van der Waals surface area contributed by atoms with E-state index in [9.17, 15) is 4.79 Å². The number of carbonyl (C=O) groups excluding carboxylic acids is 1. The van der Waals surface area contributed by atoms with E-state index in [1.807, 2.05) is 31.2 Å². The van der Waals surface area contributed by atoms with Crippen molar-refractivity contribution in [1.29, 1.82) is 0 Å². The summed E-state index contributed by atoms with van der Waals surface area (Å²) >= 11 is 0. The van der Waals surface area contributed by atoms with Crippen LogP contribution in [0.2, 0.25) is 0 Å². The van der Waals surface area contributed by atoms with E-state index in [1.54, 1.807) is 13.1 Å². The second-order valence-corrected chi connectivity index (χ2v) is 4.48. The van der Waals surface area contributed by atoms with Gasteiger partial charge in [0.05, 0.1) is 0 Å². The molecule has 0 saturated carbocycles. The molecule has 0 aromatic heterocycles. The summed E-state index contributed by atoms with van der Waals surface area (Å²) in [5, 5.41) is 8.97. The molecule has 0 bridgehead atoms. The highest BCUT2D eigenvalue weighted by atomic mass is 16.5. The molecule has 0 unspecified atom stereocenters. The zero-order valence-corrected chi connectivity index (χ0v) is 13.2. The Morgan fingerprint density at radius 2 is 2.18 bits per heavy atom. The molecule has 0 spiro atoms. The Balaban J connectivity index is 2.49. The molecule has 0 fully saturated rings. The third-order valence-corrected chi connectivity index (χ3v) is 2.74.